The molecule has 2 aromatic carbocycles. The maximum atomic E-state index is 12.8. The number of hydrogen-bond donors (Lipinski definition) is 1. The molecule has 5 nitrogen and oxygen atoms in total. The highest BCUT2D eigenvalue weighted by Gasteiger charge is 2.27. The van der Waals surface area contributed by atoms with Crippen LogP contribution >= 0.6 is 0 Å². The molecule has 3 rings (SSSR count). The van der Waals surface area contributed by atoms with Crippen molar-refractivity contribution in [2.45, 2.75) is 25.9 Å². The van der Waals surface area contributed by atoms with E-state index >= 15 is 0 Å². The Morgan fingerprint density at radius 1 is 0.889 bits per heavy atom. The van der Waals surface area contributed by atoms with Gasteiger partial charge in [0.2, 0.25) is 5.91 Å². The molecule has 2 aromatic rings. The van der Waals surface area contributed by atoms with E-state index in [1.807, 2.05) is 41.3 Å². The average molecular weight is 366 g/mol. The van der Waals surface area contributed by atoms with Crippen LogP contribution in [0.25, 0.3) is 0 Å². The first-order valence-corrected chi connectivity index (χ1v) is 9.42. The highest BCUT2D eigenvalue weighted by Crippen LogP contribution is 2.18. The van der Waals surface area contributed by atoms with Gasteiger partial charge in [-0.15, -0.1) is 0 Å². The summed E-state index contributed by atoms with van der Waals surface area (Å²) in [6.07, 6.45) is 1.08. The van der Waals surface area contributed by atoms with Crippen LogP contribution in [0.15, 0.2) is 60.7 Å². The predicted octanol–water partition coefficient (Wildman–Crippen LogP) is 3.01. The molecule has 1 saturated heterocycles. The standard InChI is InChI=1S/C22H26N2O3/c25-21(24-13-11-20(12-14-24)22(26)27)17-23(15-18-7-3-1-4-8-18)16-19-9-5-2-6-10-19/h1-10,20H,11-17H2,(H,26,27). The molecule has 142 valence electrons. The number of nitrogens with zero attached hydrogens (tertiary/aromatic N) is 2. The first-order chi connectivity index (χ1) is 13.1. The topological polar surface area (TPSA) is 60.9 Å². The largest absolute Gasteiger partial charge is 0.481 e. The summed E-state index contributed by atoms with van der Waals surface area (Å²) >= 11 is 0. The Balaban J connectivity index is 1.63. The molecule has 5 heteroatoms. The highest BCUT2D eigenvalue weighted by atomic mass is 16.4. The van der Waals surface area contributed by atoms with Gasteiger partial charge in [0.15, 0.2) is 0 Å². The second-order valence-electron chi connectivity index (χ2n) is 7.11. The number of rotatable bonds is 7. The van der Waals surface area contributed by atoms with Crippen LogP contribution in [0.2, 0.25) is 0 Å². The van der Waals surface area contributed by atoms with Crippen molar-refractivity contribution in [1.29, 1.82) is 0 Å². The lowest BCUT2D eigenvalue weighted by atomic mass is 9.97. The first-order valence-electron chi connectivity index (χ1n) is 9.42. The fourth-order valence-corrected chi connectivity index (χ4v) is 3.52. The van der Waals surface area contributed by atoms with E-state index in [1.54, 1.807) is 0 Å². The van der Waals surface area contributed by atoms with Crippen molar-refractivity contribution in [3.8, 4) is 0 Å². The van der Waals surface area contributed by atoms with Crippen LogP contribution in [-0.4, -0.2) is 46.4 Å². The summed E-state index contributed by atoms with van der Waals surface area (Å²) in [5, 5.41) is 9.13. The van der Waals surface area contributed by atoms with Gasteiger partial charge in [0.25, 0.3) is 0 Å². The van der Waals surface area contributed by atoms with Crippen LogP contribution in [0.5, 0.6) is 0 Å². The van der Waals surface area contributed by atoms with E-state index in [2.05, 4.69) is 29.2 Å². The molecule has 1 aliphatic rings. The number of carbonyl (C=O) groups excluding carboxylic acids is 1. The molecule has 0 saturated carbocycles. The fourth-order valence-electron chi connectivity index (χ4n) is 3.52. The van der Waals surface area contributed by atoms with E-state index < -0.39 is 5.97 Å². The van der Waals surface area contributed by atoms with Gasteiger partial charge in [-0.05, 0) is 24.0 Å². The van der Waals surface area contributed by atoms with Gasteiger partial charge in [-0.3, -0.25) is 14.5 Å². The number of carboxylic acid groups (broad SMARTS) is 1. The van der Waals surface area contributed by atoms with Gasteiger partial charge >= 0.3 is 5.97 Å². The van der Waals surface area contributed by atoms with E-state index in [4.69, 9.17) is 5.11 Å². The van der Waals surface area contributed by atoms with Crippen molar-refractivity contribution in [1.82, 2.24) is 9.80 Å². The van der Waals surface area contributed by atoms with Crippen molar-refractivity contribution in [2.24, 2.45) is 5.92 Å². The summed E-state index contributed by atoms with van der Waals surface area (Å²) in [6, 6.07) is 20.3. The van der Waals surface area contributed by atoms with Crippen LogP contribution in [0.4, 0.5) is 0 Å². The summed E-state index contributed by atoms with van der Waals surface area (Å²) < 4.78 is 0. The molecule has 1 amide bonds. The Hall–Kier alpha value is -2.66. The van der Waals surface area contributed by atoms with E-state index in [0.717, 1.165) is 0 Å². The number of piperidine rings is 1. The van der Waals surface area contributed by atoms with Crippen molar-refractivity contribution in [3.05, 3.63) is 71.8 Å². The predicted molar refractivity (Wildman–Crippen MR) is 104 cm³/mol. The molecule has 1 heterocycles. The van der Waals surface area contributed by atoms with Gasteiger partial charge in [0.05, 0.1) is 12.5 Å². The number of aliphatic carboxylic acids is 1. The molecule has 27 heavy (non-hydrogen) atoms. The fraction of sp³-hybridized carbons (Fsp3) is 0.364. The molecule has 1 fully saturated rings. The molecule has 0 aliphatic carbocycles. The van der Waals surface area contributed by atoms with Gasteiger partial charge in [-0.1, -0.05) is 60.7 Å². The lowest BCUT2D eigenvalue weighted by Crippen LogP contribution is -2.44. The number of carbonyl (C=O) groups is 2. The molecular formula is C22H26N2O3. The van der Waals surface area contributed by atoms with Crippen molar-refractivity contribution in [2.75, 3.05) is 19.6 Å². The van der Waals surface area contributed by atoms with E-state index in [1.165, 1.54) is 11.1 Å². The third-order valence-corrected chi connectivity index (χ3v) is 5.05. The molecule has 0 spiro atoms. The van der Waals surface area contributed by atoms with Crippen LogP contribution in [0.1, 0.15) is 24.0 Å². The van der Waals surface area contributed by atoms with E-state index in [0.29, 0.717) is 45.6 Å². The van der Waals surface area contributed by atoms with Gasteiger partial charge < -0.3 is 10.0 Å². The highest BCUT2D eigenvalue weighted by molar-refractivity contribution is 5.79. The Morgan fingerprint density at radius 2 is 1.37 bits per heavy atom. The summed E-state index contributed by atoms with van der Waals surface area (Å²) in [7, 11) is 0. The lowest BCUT2D eigenvalue weighted by molar-refractivity contribution is -0.146. The molecule has 0 unspecified atom stereocenters. The van der Waals surface area contributed by atoms with E-state index in [-0.39, 0.29) is 11.8 Å². The molecular weight excluding hydrogens is 340 g/mol. The SMILES string of the molecule is O=C(O)C1CCN(C(=O)CN(Cc2ccccc2)Cc2ccccc2)CC1. The Morgan fingerprint density at radius 3 is 1.81 bits per heavy atom. The minimum Gasteiger partial charge on any atom is -0.481 e. The quantitative estimate of drug-likeness (QED) is 0.818. The number of hydrogen-bond acceptors (Lipinski definition) is 3. The van der Waals surface area contributed by atoms with Crippen molar-refractivity contribution >= 4 is 11.9 Å². The molecule has 0 atom stereocenters. The maximum absolute atomic E-state index is 12.8. The molecule has 0 radical (unpaired) electrons. The van der Waals surface area contributed by atoms with Gasteiger partial charge in [-0.25, -0.2) is 0 Å². The summed E-state index contributed by atoms with van der Waals surface area (Å²) in [5.41, 5.74) is 2.34. The van der Waals surface area contributed by atoms with Crippen LogP contribution in [0.3, 0.4) is 0 Å². The smallest absolute Gasteiger partial charge is 0.306 e. The Labute approximate surface area is 160 Å². The van der Waals surface area contributed by atoms with Crippen molar-refractivity contribution < 1.29 is 14.7 Å². The normalized spacial score (nSPS) is 15.1. The minimum absolute atomic E-state index is 0.0747. The minimum atomic E-state index is -0.753. The van der Waals surface area contributed by atoms with Crippen LogP contribution < -0.4 is 0 Å². The first kappa shape index (κ1) is 19.1. The summed E-state index contributed by atoms with van der Waals surface area (Å²) in [4.78, 5) is 27.9. The molecule has 1 aliphatic heterocycles. The Kier molecular flexibility index (Phi) is 6.60. The molecule has 0 bridgehead atoms. The zero-order valence-corrected chi connectivity index (χ0v) is 15.5. The zero-order valence-electron chi connectivity index (χ0n) is 15.5. The second kappa shape index (κ2) is 9.33. The Bertz CT molecular complexity index is 699. The number of carboxylic acids is 1. The lowest BCUT2D eigenvalue weighted by Gasteiger charge is -2.32. The third-order valence-electron chi connectivity index (χ3n) is 5.05. The van der Waals surface area contributed by atoms with Crippen LogP contribution in [-0.2, 0) is 22.7 Å². The summed E-state index contributed by atoms with van der Waals surface area (Å²) in [5.74, 6) is -0.999. The van der Waals surface area contributed by atoms with E-state index in [9.17, 15) is 9.59 Å². The third kappa shape index (κ3) is 5.66. The molecule has 1 N–H and O–H groups in total. The van der Waals surface area contributed by atoms with Gasteiger partial charge in [0, 0.05) is 26.2 Å². The summed E-state index contributed by atoms with van der Waals surface area (Å²) in [6.45, 7) is 2.79. The van der Waals surface area contributed by atoms with Crippen molar-refractivity contribution in [3.63, 3.8) is 0 Å². The number of benzene rings is 2. The van der Waals surface area contributed by atoms with Gasteiger partial charge in [0.1, 0.15) is 0 Å². The monoisotopic (exact) mass is 366 g/mol. The average Bonchev–Trinajstić information content (AvgIpc) is 2.69. The van der Waals surface area contributed by atoms with Crippen LogP contribution in [0, 0.1) is 5.92 Å². The number of amides is 1. The maximum Gasteiger partial charge on any atom is 0.306 e. The zero-order chi connectivity index (χ0) is 19.1. The van der Waals surface area contributed by atoms with Gasteiger partial charge in [-0.2, -0.15) is 0 Å². The second-order valence-corrected chi connectivity index (χ2v) is 7.11. The molecule has 0 aromatic heterocycles. The number of likely N-dealkylation sites (tertiary alicyclic amines) is 1.